The van der Waals surface area contributed by atoms with Crippen molar-refractivity contribution in [3.05, 3.63) is 77.1 Å². The molecule has 14 heteroatoms. The Morgan fingerprint density at radius 2 is 1.92 bits per heavy atom. The molecule has 0 saturated carbocycles. The molecule has 5 rings (SSSR count). The van der Waals surface area contributed by atoms with Gasteiger partial charge in [0, 0.05) is 24.1 Å². The number of hydrogen-bond acceptors (Lipinski definition) is 8. The highest BCUT2D eigenvalue weighted by atomic mass is 35.5. The second-order valence-corrected chi connectivity index (χ2v) is 8.25. The maximum Gasteiger partial charge on any atom is 0.416 e. The third kappa shape index (κ3) is 5.07. The van der Waals surface area contributed by atoms with Crippen molar-refractivity contribution in [1.82, 2.24) is 35.4 Å². The van der Waals surface area contributed by atoms with Crippen molar-refractivity contribution in [2.45, 2.75) is 19.1 Å². The van der Waals surface area contributed by atoms with Crippen LogP contribution in [0.1, 0.15) is 34.7 Å². The number of carbonyl (C=O) groups is 1. The van der Waals surface area contributed by atoms with E-state index in [1.54, 1.807) is 31.5 Å². The summed E-state index contributed by atoms with van der Waals surface area (Å²) in [5.41, 5.74) is 0.690. The summed E-state index contributed by atoms with van der Waals surface area (Å²) in [6, 6.07) is 7.49. The smallest absolute Gasteiger partial charge is 0.353 e. The summed E-state index contributed by atoms with van der Waals surface area (Å²) in [5, 5.41) is 9.69. The second kappa shape index (κ2) is 9.50. The topological polar surface area (TPSA) is 135 Å². The molecule has 3 N–H and O–H groups in total. The molecule has 0 aliphatic carbocycles. The maximum absolute atomic E-state index is 13.0. The van der Waals surface area contributed by atoms with Crippen molar-refractivity contribution in [1.29, 1.82) is 0 Å². The van der Waals surface area contributed by atoms with Crippen LogP contribution >= 0.6 is 11.6 Å². The van der Waals surface area contributed by atoms with Gasteiger partial charge in [-0.3, -0.25) is 9.78 Å². The fourth-order valence-electron chi connectivity index (χ4n) is 3.43. The van der Waals surface area contributed by atoms with Crippen LogP contribution in [0.15, 0.2) is 59.6 Å². The third-order valence-corrected chi connectivity index (χ3v) is 5.67. The summed E-state index contributed by atoms with van der Waals surface area (Å²) in [6.07, 6.45) is -0.0993. The number of benzene rings is 1. The fourth-order valence-corrected chi connectivity index (χ4v) is 3.66. The Bertz CT molecular complexity index is 1590. The standard InChI is InChI=1S/C23H16ClF3N8O2/c1-11(31-22(36)19-18(24)21(30-10-29-19)32-13-4-6-28-7-5-13)15-9-17(37-35-15)20-33-14-3-2-12(23(25,26)27)8-16(14)34-20/h2-11H,1H3,(H,31,36)(H,33,34)(H,28,29,30,32)/t11-/m0/s1. The number of hydrogen-bond donors (Lipinski definition) is 3. The van der Waals surface area contributed by atoms with Gasteiger partial charge in [0.15, 0.2) is 17.3 Å². The highest BCUT2D eigenvalue weighted by Gasteiger charge is 2.31. The van der Waals surface area contributed by atoms with Crippen LogP contribution in [0.4, 0.5) is 24.7 Å². The molecule has 10 nitrogen and oxygen atoms in total. The monoisotopic (exact) mass is 528 g/mol. The molecule has 1 amide bonds. The molecule has 5 aromatic rings. The van der Waals surface area contributed by atoms with Gasteiger partial charge in [0.25, 0.3) is 5.91 Å². The number of amides is 1. The van der Waals surface area contributed by atoms with E-state index in [9.17, 15) is 18.0 Å². The van der Waals surface area contributed by atoms with Crippen LogP contribution in [-0.4, -0.2) is 36.0 Å². The predicted molar refractivity (Wildman–Crippen MR) is 127 cm³/mol. The molecular formula is C23H16ClF3N8O2. The van der Waals surface area contributed by atoms with Crippen molar-refractivity contribution in [3.8, 4) is 11.6 Å². The number of rotatable bonds is 6. The number of nitrogens with one attached hydrogen (secondary N) is 3. The Morgan fingerprint density at radius 3 is 2.68 bits per heavy atom. The van der Waals surface area contributed by atoms with Crippen molar-refractivity contribution >= 4 is 40.0 Å². The van der Waals surface area contributed by atoms with E-state index >= 15 is 0 Å². The SMILES string of the molecule is C[C@H](NC(=O)c1ncnc(Nc2ccncc2)c1Cl)c1cc(-c2nc3ccc(C(F)(F)F)cc3[nH]2)on1. The van der Waals surface area contributed by atoms with Gasteiger partial charge < -0.3 is 20.1 Å². The van der Waals surface area contributed by atoms with Crippen LogP contribution in [0.3, 0.4) is 0 Å². The number of anilines is 2. The number of H-pyrrole nitrogens is 1. The molecule has 0 bridgehead atoms. The molecule has 0 fully saturated rings. The van der Waals surface area contributed by atoms with Gasteiger partial charge in [-0.25, -0.2) is 15.0 Å². The molecule has 1 atom stereocenters. The zero-order valence-corrected chi connectivity index (χ0v) is 19.6. The van der Waals surface area contributed by atoms with E-state index in [2.05, 4.69) is 40.7 Å². The average Bonchev–Trinajstić information content (AvgIpc) is 3.52. The Labute approximate surface area is 211 Å². The first-order chi connectivity index (χ1) is 17.7. The first-order valence-corrected chi connectivity index (χ1v) is 11.1. The van der Waals surface area contributed by atoms with Crippen molar-refractivity contribution in [2.24, 2.45) is 0 Å². The van der Waals surface area contributed by atoms with Gasteiger partial charge in [0.05, 0.1) is 22.6 Å². The lowest BCUT2D eigenvalue weighted by Crippen LogP contribution is -2.28. The molecule has 0 spiro atoms. The lowest BCUT2D eigenvalue weighted by molar-refractivity contribution is -0.137. The minimum absolute atomic E-state index is 0.0188. The van der Waals surface area contributed by atoms with Crippen LogP contribution in [-0.2, 0) is 6.18 Å². The molecule has 4 heterocycles. The minimum atomic E-state index is -4.48. The number of imidazole rings is 1. The summed E-state index contributed by atoms with van der Waals surface area (Å²) >= 11 is 6.36. The second-order valence-electron chi connectivity index (χ2n) is 7.87. The number of carbonyl (C=O) groups excluding carboxylic acids is 1. The van der Waals surface area contributed by atoms with Crippen LogP contribution in [0.2, 0.25) is 5.02 Å². The quantitative estimate of drug-likeness (QED) is 0.270. The van der Waals surface area contributed by atoms with Crippen LogP contribution in [0, 0.1) is 0 Å². The first-order valence-electron chi connectivity index (χ1n) is 10.7. The van der Waals surface area contributed by atoms with Gasteiger partial charge >= 0.3 is 6.18 Å². The number of pyridine rings is 1. The van der Waals surface area contributed by atoms with E-state index in [0.717, 1.165) is 12.1 Å². The average molecular weight is 529 g/mol. The van der Waals surface area contributed by atoms with Crippen molar-refractivity contribution < 1.29 is 22.5 Å². The zero-order chi connectivity index (χ0) is 26.2. The molecule has 0 saturated heterocycles. The molecule has 0 aliphatic rings. The normalized spacial score (nSPS) is 12.5. The van der Waals surface area contributed by atoms with Crippen molar-refractivity contribution in [2.75, 3.05) is 5.32 Å². The van der Waals surface area contributed by atoms with E-state index in [4.69, 9.17) is 16.1 Å². The van der Waals surface area contributed by atoms with Gasteiger partial charge in [0.2, 0.25) is 5.76 Å². The van der Waals surface area contributed by atoms with Crippen LogP contribution in [0.5, 0.6) is 0 Å². The zero-order valence-electron chi connectivity index (χ0n) is 18.8. The first kappa shape index (κ1) is 24.2. The molecule has 0 radical (unpaired) electrons. The summed E-state index contributed by atoms with van der Waals surface area (Å²) in [7, 11) is 0. The number of aromatic amines is 1. The summed E-state index contributed by atoms with van der Waals surface area (Å²) in [6.45, 7) is 1.67. The Balaban J connectivity index is 1.31. The lowest BCUT2D eigenvalue weighted by atomic mass is 10.2. The number of fused-ring (bicyclic) bond motifs is 1. The molecule has 0 unspecified atom stereocenters. The Kier molecular flexibility index (Phi) is 6.21. The molecule has 188 valence electrons. The van der Waals surface area contributed by atoms with E-state index in [1.807, 2.05) is 0 Å². The number of alkyl halides is 3. The van der Waals surface area contributed by atoms with Crippen LogP contribution < -0.4 is 10.6 Å². The van der Waals surface area contributed by atoms with E-state index < -0.39 is 23.7 Å². The van der Waals surface area contributed by atoms with Gasteiger partial charge in [0.1, 0.15) is 17.0 Å². The minimum Gasteiger partial charge on any atom is -0.353 e. The van der Waals surface area contributed by atoms with Gasteiger partial charge in [-0.1, -0.05) is 16.8 Å². The summed E-state index contributed by atoms with van der Waals surface area (Å²) in [4.78, 5) is 31.9. The van der Waals surface area contributed by atoms with Gasteiger partial charge in [-0.2, -0.15) is 13.2 Å². The van der Waals surface area contributed by atoms with Gasteiger partial charge in [-0.05, 0) is 37.3 Å². The molecule has 37 heavy (non-hydrogen) atoms. The molecule has 0 aliphatic heterocycles. The fraction of sp³-hybridized carbons (Fsp3) is 0.130. The van der Waals surface area contributed by atoms with Crippen molar-refractivity contribution in [3.63, 3.8) is 0 Å². The number of halogens is 4. The molecule has 4 aromatic heterocycles. The largest absolute Gasteiger partial charge is 0.416 e. The number of nitrogens with zero attached hydrogens (tertiary/aromatic N) is 5. The predicted octanol–water partition coefficient (Wildman–Crippen LogP) is 5.31. The lowest BCUT2D eigenvalue weighted by Gasteiger charge is -2.13. The molecular weight excluding hydrogens is 513 g/mol. The highest BCUT2D eigenvalue weighted by Crippen LogP contribution is 2.32. The van der Waals surface area contributed by atoms with Crippen LogP contribution in [0.25, 0.3) is 22.6 Å². The highest BCUT2D eigenvalue weighted by molar-refractivity contribution is 6.35. The van der Waals surface area contributed by atoms with Gasteiger partial charge in [-0.15, -0.1) is 0 Å². The number of aromatic nitrogens is 6. The summed E-state index contributed by atoms with van der Waals surface area (Å²) in [5.74, 6) is 0.0376. The maximum atomic E-state index is 13.0. The van der Waals surface area contributed by atoms with E-state index in [1.165, 1.54) is 18.5 Å². The Morgan fingerprint density at radius 1 is 1.14 bits per heavy atom. The Hall–Kier alpha value is -4.52. The van der Waals surface area contributed by atoms with E-state index in [0.29, 0.717) is 16.9 Å². The van der Waals surface area contributed by atoms with E-state index in [-0.39, 0.29) is 33.6 Å². The molecule has 1 aromatic carbocycles. The summed E-state index contributed by atoms with van der Waals surface area (Å²) < 4.78 is 44.3. The third-order valence-electron chi connectivity index (χ3n) is 5.31.